The van der Waals surface area contributed by atoms with Crippen molar-refractivity contribution in [3.63, 3.8) is 0 Å². The summed E-state index contributed by atoms with van der Waals surface area (Å²) in [7, 11) is 0. The highest BCUT2D eigenvalue weighted by atomic mass is 32.1. The number of rotatable bonds is 6. The van der Waals surface area contributed by atoms with Crippen molar-refractivity contribution in [2.24, 2.45) is 10.9 Å². The minimum atomic E-state index is -0.0566. The molecule has 2 aromatic heterocycles. The molecule has 8 nitrogen and oxygen atoms in total. The second kappa shape index (κ2) is 19.2. The number of fused-ring (bicyclic) bond motifs is 4. The highest BCUT2D eigenvalue weighted by Crippen LogP contribution is 2.39. The number of phenols is 1. The van der Waals surface area contributed by atoms with Crippen molar-refractivity contribution in [1.82, 2.24) is 19.7 Å². The fourth-order valence-electron chi connectivity index (χ4n) is 8.73. The summed E-state index contributed by atoms with van der Waals surface area (Å²) >= 11 is 1.82. The van der Waals surface area contributed by atoms with Crippen LogP contribution in [-0.2, 0) is 12.8 Å². The molecule has 0 radical (unpaired) electrons. The molecular weight excluding hydrogens is 735 g/mol. The number of aromatic nitrogens is 3. The lowest BCUT2D eigenvalue weighted by atomic mass is 9.92. The van der Waals surface area contributed by atoms with Crippen molar-refractivity contribution >= 4 is 28.4 Å². The second-order valence-corrected chi connectivity index (χ2v) is 17.3. The van der Waals surface area contributed by atoms with Crippen LogP contribution in [0.3, 0.4) is 0 Å². The number of aryl methyl sites for hydroxylation is 4. The van der Waals surface area contributed by atoms with Gasteiger partial charge in [-0.3, -0.25) is 14.5 Å². The van der Waals surface area contributed by atoms with E-state index in [-0.39, 0.29) is 6.04 Å². The molecule has 1 unspecified atom stereocenters. The van der Waals surface area contributed by atoms with E-state index in [9.17, 15) is 5.11 Å². The third-order valence-corrected chi connectivity index (χ3v) is 13.3. The number of nitrogens with zero attached hydrogens (tertiary/aromatic N) is 7. The standard InChI is InChI=1S/C34H41N7S.C10H12O.C5H8/c1-23-25(3)42-34-31(23)32(35-24(2)33-37-36-26(4)41(33)34)28-10-12-30(13-11-28)40-20-18-38(19-21-40)22-27-14-16-39(17-15-27)29-8-6-5-7-9-29;11-10-6-5-8-3-1-2-4-9(8)7-10;1-3-5-4-2/h5-13,24,27H,14-22H2,1-4H3;5-7,11H,1-4H2;3-5H,1H2,2H3/b;;5-4-. The van der Waals surface area contributed by atoms with E-state index in [4.69, 9.17) is 4.99 Å². The van der Waals surface area contributed by atoms with Crippen molar-refractivity contribution in [1.29, 1.82) is 0 Å². The molecule has 0 bridgehead atoms. The van der Waals surface area contributed by atoms with Crippen LogP contribution in [0.15, 0.2) is 103 Å². The van der Waals surface area contributed by atoms with Gasteiger partial charge in [-0.15, -0.1) is 21.5 Å². The molecule has 1 atom stereocenters. The average Bonchev–Trinajstić information content (AvgIpc) is 3.74. The maximum absolute atomic E-state index is 9.19. The number of phenolic OH excluding ortho intramolecular Hbond substituents is 1. The number of allylic oxidation sites excluding steroid dienone is 3. The molecule has 0 saturated carbocycles. The average molecular weight is 796 g/mol. The van der Waals surface area contributed by atoms with Gasteiger partial charge in [0.25, 0.3) is 0 Å². The van der Waals surface area contributed by atoms with Gasteiger partial charge in [0.05, 0.1) is 5.71 Å². The largest absolute Gasteiger partial charge is 0.508 e. The van der Waals surface area contributed by atoms with Crippen LogP contribution >= 0.6 is 11.3 Å². The number of aliphatic imine (C=N–C) groups is 1. The van der Waals surface area contributed by atoms with Gasteiger partial charge in [0, 0.05) is 73.2 Å². The summed E-state index contributed by atoms with van der Waals surface area (Å²) in [5, 5.41) is 19.3. The topological polar surface area (TPSA) is 73.0 Å². The first kappa shape index (κ1) is 41.2. The Bertz CT molecular complexity index is 2190. The minimum Gasteiger partial charge on any atom is -0.508 e. The fourth-order valence-corrected chi connectivity index (χ4v) is 9.95. The van der Waals surface area contributed by atoms with Crippen molar-refractivity contribution in [2.75, 3.05) is 55.6 Å². The van der Waals surface area contributed by atoms with Crippen molar-refractivity contribution in [3.8, 4) is 10.8 Å². The summed E-state index contributed by atoms with van der Waals surface area (Å²) < 4.78 is 2.21. The van der Waals surface area contributed by atoms with Gasteiger partial charge in [0.1, 0.15) is 22.6 Å². The lowest BCUT2D eigenvalue weighted by Crippen LogP contribution is -2.49. The highest BCUT2D eigenvalue weighted by Gasteiger charge is 2.30. The first-order valence-corrected chi connectivity index (χ1v) is 22.1. The molecule has 1 aliphatic carbocycles. The minimum absolute atomic E-state index is 0.0566. The molecule has 9 heteroatoms. The summed E-state index contributed by atoms with van der Waals surface area (Å²) in [5.41, 5.74) is 10.2. The smallest absolute Gasteiger partial charge is 0.162 e. The van der Waals surface area contributed by atoms with Gasteiger partial charge in [-0.2, -0.15) is 0 Å². The van der Waals surface area contributed by atoms with Gasteiger partial charge in [0.15, 0.2) is 5.82 Å². The van der Waals surface area contributed by atoms with Crippen LogP contribution in [0.1, 0.15) is 89.9 Å². The van der Waals surface area contributed by atoms with Gasteiger partial charge in [-0.05, 0) is 132 Å². The number of piperazine rings is 1. The van der Waals surface area contributed by atoms with Crippen LogP contribution in [-0.4, -0.2) is 76.3 Å². The first-order chi connectivity index (χ1) is 28.2. The quantitative estimate of drug-likeness (QED) is 0.173. The third kappa shape index (κ3) is 9.48. The molecule has 58 heavy (non-hydrogen) atoms. The summed E-state index contributed by atoms with van der Waals surface area (Å²) in [6.07, 6.45) is 13.1. The van der Waals surface area contributed by atoms with Crippen LogP contribution in [0.2, 0.25) is 0 Å². The second-order valence-electron chi connectivity index (χ2n) is 16.1. The molecule has 0 spiro atoms. The van der Waals surface area contributed by atoms with Crippen LogP contribution < -0.4 is 9.80 Å². The van der Waals surface area contributed by atoms with Crippen molar-refractivity contribution in [2.45, 2.75) is 79.2 Å². The van der Waals surface area contributed by atoms with Gasteiger partial charge >= 0.3 is 0 Å². The third-order valence-electron chi connectivity index (χ3n) is 12.1. The Kier molecular flexibility index (Phi) is 13.6. The fraction of sp³-hybridized carbons (Fsp3) is 0.408. The van der Waals surface area contributed by atoms with Crippen molar-refractivity contribution < 1.29 is 5.11 Å². The predicted octanol–water partition coefficient (Wildman–Crippen LogP) is 10.2. The molecule has 304 valence electrons. The Balaban J connectivity index is 0.000000266. The molecule has 2 saturated heterocycles. The molecule has 4 aliphatic rings. The number of benzene rings is 3. The number of hydrogen-bond acceptors (Lipinski definition) is 8. The molecule has 3 aliphatic heterocycles. The Morgan fingerprint density at radius 3 is 2.16 bits per heavy atom. The molecule has 5 aromatic rings. The molecule has 0 amide bonds. The number of hydrogen-bond donors (Lipinski definition) is 1. The summed E-state index contributed by atoms with van der Waals surface area (Å²) in [5.74, 6) is 3.05. The molecule has 2 fully saturated rings. The van der Waals surface area contributed by atoms with E-state index in [0.29, 0.717) is 5.75 Å². The van der Waals surface area contributed by atoms with Gasteiger partial charge in [0.2, 0.25) is 0 Å². The van der Waals surface area contributed by atoms with Crippen LogP contribution in [0, 0.1) is 26.7 Å². The number of aromatic hydroxyl groups is 1. The van der Waals surface area contributed by atoms with Gasteiger partial charge in [-0.25, -0.2) is 0 Å². The van der Waals surface area contributed by atoms with Crippen LogP contribution in [0.25, 0.3) is 5.00 Å². The molecule has 3 aromatic carbocycles. The monoisotopic (exact) mass is 795 g/mol. The maximum atomic E-state index is 9.19. The lowest BCUT2D eigenvalue weighted by Gasteiger charge is -2.40. The number of para-hydroxylation sites is 1. The first-order valence-electron chi connectivity index (χ1n) is 21.3. The Labute approximate surface area is 350 Å². The summed E-state index contributed by atoms with van der Waals surface area (Å²) in [6, 6.07) is 25.7. The zero-order valence-electron chi connectivity index (χ0n) is 35.2. The summed E-state index contributed by atoms with van der Waals surface area (Å²) in [4.78, 5) is 14.3. The summed E-state index contributed by atoms with van der Waals surface area (Å²) in [6.45, 7) is 22.0. The number of piperidine rings is 1. The zero-order valence-corrected chi connectivity index (χ0v) is 36.0. The van der Waals surface area contributed by atoms with E-state index >= 15 is 0 Å². The van der Waals surface area contributed by atoms with E-state index < -0.39 is 0 Å². The van der Waals surface area contributed by atoms with E-state index in [1.165, 1.54) is 101 Å². The van der Waals surface area contributed by atoms with Crippen molar-refractivity contribution in [3.05, 3.63) is 142 Å². The van der Waals surface area contributed by atoms with E-state index in [2.05, 4.69) is 111 Å². The van der Waals surface area contributed by atoms with E-state index in [0.717, 1.165) is 55.9 Å². The Hall–Kier alpha value is -4.99. The van der Waals surface area contributed by atoms with E-state index in [1.807, 2.05) is 49.5 Å². The SMILES string of the molecule is C=C/C=C\C.Cc1sc2c(c1C)C(c1ccc(N3CCN(CC4CCN(c5ccccc5)CC4)CC3)cc1)=NC(C)c1nnc(C)n1-2.Oc1ccc2c(c1)CCCC2. The number of thiophene rings is 1. The highest BCUT2D eigenvalue weighted by molar-refractivity contribution is 7.15. The number of anilines is 2. The Morgan fingerprint density at radius 1 is 0.810 bits per heavy atom. The van der Waals surface area contributed by atoms with Gasteiger partial charge < -0.3 is 14.9 Å². The zero-order chi connectivity index (χ0) is 40.6. The lowest BCUT2D eigenvalue weighted by molar-refractivity contribution is 0.201. The molecule has 5 heterocycles. The van der Waals surface area contributed by atoms with Crippen LogP contribution in [0.5, 0.6) is 5.75 Å². The Morgan fingerprint density at radius 2 is 1.48 bits per heavy atom. The van der Waals surface area contributed by atoms with Crippen LogP contribution in [0.4, 0.5) is 11.4 Å². The van der Waals surface area contributed by atoms with Gasteiger partial charge in [-0.1, -0.05) is 61.2 Å². The molecule has 9 rings (SSSR count). The molecule has 1 N–H and O–H groups in total. The predicted molar refractivity (Wildman–Crippen MR) is 244 cm³/mol. The molecular formula is C49H61N7OS. The maximum Gasteiger partial charge on any atom is 0.162 e. The normalized spacial score (nSPS) is 18.2. The van der Waals surface area contributed by atoms with E-state index in [1.54, 1.807) is 12.1 Å².